The van der Waals surface area contributed by atoms with Crippen LogP contribution in [0.5, 0.6) is 0 Å². The normalized spacial score (nSPS) is 26.1. The maximum atomic E-state index is 12.5. The first-order valence-electron chi connectivity index (χ1n) is 8.86. The van der Waals surface area contributed by atoms with Gasteiger partial charge in [-0.25, -0.2) is 4.98 Å². The zero-order chi connectivity index (χ0) is 16.7. The predicted molar refractivity (Wildman–Crippen MR) is 86.6 cm³/mol. The summed E-state index contributed by atoms with van der Waals surface area (Å²) in [4.78, 5) is 32.7. The van der Waals surface area contributed by atoms with Crippen LogP contribution in [0.15, 0.2) is 10.8 Å². The van der Waals surface area contributed by atoms with Crippen LogP contribution in [0.1, 0.15) is 54.3 Å². The summed E-state index contributed by atoms with van der Waals surface area (Å²) in [7, 11) is 1.87. The van der Waals surface area contributed by atoms with Gasteiger partial charge in [0.05, 0.1) is 6.04 Å². The molecule has 3 heterocycles. The SMILES string of the molecule is CN1CC[C@@H](N2CCC(NC(=O)c3ncoc3C3CC3)CC2)C1=O. The third kappa shape index (κ3) is 2.92. The highest BCUT2D eigenvalue weighted by atomic mass is 16.3. The highest BCUT2D eigenvalue weighted by molar-refractivity contribution is 5.93. The molecule has 3 fully saturated rings. The summed E-state index contributed by atoms with van der Waals surface area (Å²) in [5, 5.41) is 3.09. The molecule has 0 bridgehead atoms. The molecule has 0 spiro atoms. The number of oxazole rings is 1. The average Bonchev–Trinajstić information content (AvgIpc) is 3.22. The van der Waals surface area contributed by atoms with Crippen molar-refractivity contribution in [3.8, 4) is 0 Å². The number of likely N-dealkylation sites (N-methyl/N-ethyl adjacent to an activating group) is 1. The van der Waals surface area contributed by atoms with Gasteiger partial charge in [0.15, 0.2) is 12.1 Å². The molecule has 2 amide bonds. The number of hydrogen-bond acceptors (Lipinski definition) is 5. The molecule has 1 aliphatic carbocycles. The Morgan fingerprint density at radius 3 is 2.58 bits per heavy atom. The van der Waals surface area contributed by atoms with Crippen molar-refractivity contribution in [3.63, 3.8) is 0 Å². The third-order valence-corrected chi connectivity index (χ3v) is 5.46. The van der Waals surface area contributed by atoms with Gasteiger partial charge in [-0.15, -0.1) is 0 Å². The molecule has 0 unspecified atom stereocenters. The van der Waals surface area contributed by atoms with E-state index in [0.717, 1.165) is 57.5 Å². The Kier molecular flexibility index (Phi) is 4.04. The van der Waals surface area contributed by atoms with Crippen LogP contribution in [0, 0.1) is 0 Å². The van der Waals surface area contributed by atoms with E-state index in [0.29, 0.717) is 11.6 Å². The molecule has 0 aromatic carbocycles. The second-order valence-corrected chi connectivity index (χ2v) is 7.19. The molecule has 3 aliphatic rings. The highest BCUT2D eigenvalue weighted by Gasteiger charge is 2.37. The molecule has 0 radical (unpaired) electrons. The molecule has 1 atom stereocenters. The number of piperidine rings is 1. The molecule has 1 aromatic heterocycles. The lowest BCUT2D eigenvalue weighted by atomic mass is 10.0. The van der Waals surface area contributed by atoms with Crippen molar-refractivity contribution in [1.82, 2.24) is 20.1 Å². The zero-order valence-electron chi connectivity index (χ0n) is 14.0. The van der Waals surface area contributed by atoms with E-state index < -0.39 is 0 Å². The van der Waals surface area contributed by atoms with Gasteiger partial charge in [-0.2, -0.15) is 0 Å². The average molecular weight is 332 g/mol. The summed E-state index contributed by atoms with van der Waals surface area (Å²) in [6.45, 7) is 2.54. The van der Waals surface area contributed by atoms with Crippen LogP contribution in [0.3, 0.4) is 0 Å². The Bertz CT molecular complexity index is 632. The van der Waals surface area contributed by atoms with E-state index in [9.17, 15) is 9.59 Å². The number of hydrogen-bond donors (Lipinski definition) is 1. The van der Waals surface area contributed by atoms with Gasteiger partial charge in [0, 0.05) is 38.6 Å². The zero-order valence-corrected chi connectivity index (χ0v) is 14.0. The number of likely N-dealkylation sites (tertiary alicyclic amines) is 2. The van der Waals surface area contributed by atoms with Gasteiger partial charge in [0.25, 0.3) is 5.91 Å². The molecule has 4 rings (SSSR count). The van der Waals surface area contributed by atoms with E-state index in [1.165, 1.54) is 6.39 Å². The summed E-state index contributed by atoms with van der Waals surface area (Å²) >= 11 is 0. The first-order valence-corrected chi connectivity index (χ1v) is 8.86. The van der Waals surface area contributed by atoms with Crippen LogP contribution < -0.4 is 5.32 Å². The standard InChI is InChI=1S/C17H24N4O3/c1-20-7-6-13(17(20)23)21-8-4-12(5-9-21)19-16(22)14-15(11-2-3-11)24-10-18-14/h10-13H,2-9H2,1H3,(H,19,22)/t13-/m1/s1. The van der Waals surface area contributed by atoms with Gasteiger partial charge in [-0.05, 0) is 32.1 Å². The predicted octanol–water partition coefficient (Wildman–Crippen LogP) is 0.977. The van der Waals surface area contributed by atoms with Crippen molar-refractivity contribution >= 4 is 11.8 Å². The molecule has 2 aliphatic heterocycles. The van der Waals surface area contributed by atoms with Gasteiger partial charge in [0.2, 0.25) is 5.91 Å². The number of carbonyl (C=O) groups is 2. The number of nitrogens with one attached hydrogen (secondary N) is 1. The summed E-state index contributed by atoms with van der Waals surface area (Å²) < 4.78 is 5.38. The summed E-state index contributed by atoms with van der Waals surface area (Å²) in [6.07, 6.45) is 6.19. The fourth-order valence-corrected chi connectivity index (χ4v) is 3.81. The fourth-order valence-electron chi connectivity index (χ4n) is 3.81. The molecule has 1 N–H and O–H groups in total. The number of carbonyl (C=O) groups excluding carboxylic acids is 2. The van der Waals surface area contributed by atoms with Crippen LogP contribution in [0.25, 0.3) is 0 Å². The number of rotatable bonds is 4. The van der Waals surface area contributed by atoms with Gasteiger partial charge in [0.1, 0.15) is 5.76 Å². The second-order valence-electron chi connectivity index (χ2n) is 7.19. The number of nitrogens with zero attached hydrogens (tertiary/aromatic N) is 3. The first-order chi connectivity index (χ1) is 11.6. The number of amides is 2. The molecular weight excluding hydrogens is 308 g/mol. The molecular formula is C17H24N4O3. The van der Waals surface area contributed by atoms with E-state index in [1.54, 1.807) is 0 Å². The second kappa shape index (κ2) is 6.20. The van der Waals surface area contributed by atoms with E-state index in [-0.39, 0.29) is 23.9 Å². The van der Waals surface area contributed by atoms with Crippen LogP contribution in [-0.4, -0.2) is 65.4 Å². The topological polar surface area (TPSA) is 78.7 Å². The third-order valence-electron chi connectivity index (χ3n) is 5.46. The van der Waals surface area contributed by atoms with Crippen LogP contribution in [0.4, 0.5) is 0 Å². The van der Waals surface area contributed by atoms with Crippen LogP contribution in [-0.2, 0) is 4.79 Å². The molecule has 130 valence electrons. The van der Waals surface area contributed by atoms with Gasteiger partial charge in [-0.1, -0.05) is 0 Å². The minimum absolute atomic E-state index is 0.0312. The van der Waals surface area contributed by atoms with Crippen molar-refractivity contribution in [2.45, 2.75) is 50.1 Å². The highest BCUT2D eigenvalue weighted by Crippen LogP contribution is 2.41. The van der Waals surface area contributed by atoms with Crippen molar-refractivity contribution in [2.24, 2.45) is 0 Å². The van der Waals surface area contributed by atoms with E-state index in [2.05, 4.69) is 15.2 Å². The van der Waals surface area contributed by atoms with Crippen molar-refractivity contribution in [3.05, 3.63) is 17.8 Å². The summed E-state index contributed by atoms with van der Waals surface area (Å²) in [5.41, 5.74) is 0.451. The Hall–Kier alpha value is -1.89. The van der Waals surface area contributed by atoms with E-state index in [1.807, 2.05) is 11.9 Å². The van der Waals surface area contributed by atoms with Gasteiger partial charge in [-0.3, -0.25) is 14.5 Å². The lowest BCUT2D eigenvalue weighted by Gasteiger charge is -2.35. The molecule has 7 nitrogen and oxygen atoms in total. The maximum absolute atomic E-state index is 12.5. The largest absolute Gasteiger partial charge is 0.447 e. The Balaban J connectivity index is 1.31. The summed E-state index contributed by atoms with van der Waals surface area (Å²) in [6, 6.07) is 0.176. The van der Waals surface area contributed by atoms with Crippen LogP contribution >= 0.6 is 0 Å². The van der Waals surface area contributed by atoms with Crippen LogP contribution in [0.2, 0.25) is 0 Å². The Morgan fingerprint density at radius 2 is 1.96 bits per heavy atom. The van der Waals surface area contributed by atoms with E-state index in [4.69, 9.17) is 4.42 Å². The maximum Gasteiger partial charge on any atom is 0.273 e. The van der Waals surface area contributed by atoms with Gasteiger partial charge >= 0.3 is 0 Å². The minimum atomic E-state index is -0.124. The van der Waals surface area contributed by atoms with Gasteiger partial charge < -0.3 is 14.6 Å². The fraction of sp³-hybridized carbons (Fsp3) is 0.706. The van der Waals surface area contributed by atoms with Crippen molar-refractivity contribution in [2.75, 3.05) is 26.7 Å². The Labute approximate surface area is 141 Å². The quantitative estimate of drug-likeness (QED) is 0.889. The smallest absolute Gasteiger partial charge is 0.273 e. The monoisotopic (exact) mass is 332 g/mol. The van der Waals surface area contributed by atoms with Crippen molar-refractivity contribution in [1.29, 1.82) is 0 Å². The summed E-state index contributed by atoms with van der Waals surface area (Å²) in [5.74, 6) is 1.22. The van der Waals surface area contributed by atoms with Crippen molar-refractivity contribution < 1.29 is 14.0 Å². The molecule has 2 saturated heterocycles. The Morgan fingerprint density at radius 1 is 1.21 bits per heavy atom. The first kappa shape index (κ1) is 15.6. The molecule has 24 heavy (non-hydrogen) atoms. The number of aromatic nitrogens is 1. The lowest BCUT2D eigenvalue weighted by Crippen LogP contribution is -2.50. The molecule has 1 aromatic rings. The molecule has 7 heteroatoms. The minimum Gasteiger partial charge on any atom is -0.447 e. The lowest BCUT2D eigenvalue weighted by molar-refractivity contribution is -0.131. The molecule has 1 saturated carbocycles. The van der Waals surface area contributed by atoms with E-state index >= 15 is 0 Å².